The Bertz CT molecular complexity index is 729. The van der Waals surface area contributed by atoms with Gasteiger partial charge in [0.25, 0.3) is 5.91 Å². The molecule has 1 aliphatic carbocycles. The van der Waals surface area contributed by atoms with E-state index in [0.717, 1.165) is 0 Å². The van der Waals surface area contributed by atoms with Crippen molar-refractivity contribution in [2.45, 2.75) is 25.0 Å². The number of nitrogens with one attached hydrogen (secondary N) is 1. The molecule has 3 atom stereocenters. The summed E-state index contributed by atoms with van der Waals surface area (Å²) in [7, 11) is 0. The summed E-state index contributed by atoms with van der Waals surface area (Å²) in [6.07, 6.45) is 2.09. The van der Waals surface area contributed by atoms with Crippen LogP contribution in [0.1, 0.15) is 23.2 Å². The number of nitrogens with zero attached hydrogens (tertiary/aromatic N) is 1. The van der Waals surface area contributed by atoms with Crippen molar-refractivity contribution in [1.82, 2.24) is 10.3 Å². The van der Waals surface area contributed by atoms with Crippen LogP contribution in [0, 0.1) is 11.2 Å². The van der Waals surface area contributed by atoms with E-state index in [2.05, 4.69) is 10.3 Å². The zero-order chi connectivity index (χ0) is 18.6. The molecule has 0 saturated heterocycles. The van der Waals surface area contributed by atoms with Gasteiger partial charge in [0, 0.05) is 23.7 Å². The number of carbonyl (C=O) groups excluding carboxylic acids is 1. The van der Waals surface area contributed by atoms with Gasteiger partial charge in [-0.1, -0.05) is 0 Å². The van der Waals surface area contributed by atoms with Crippen molar-refractivity contribution in [1.29, 1.82) is 0 Å². The zero-order valence-electron chi connectivity index (χ0n) is 14.1. The Hall–Kier alpha value is -2.51. The van der Waals surface area contributed by atoms with Gasteiger partial charge in [0.05, 0.1) is 25.0 Å². The molecule has 1 aromatic heterocycles. The highest BCUT2D eigenvalue weighted by atomic mass is 19.1. The molecule has 3 rings (SSSR count). The van der Waals surface area contributed by atoms with E-state index in [1.165, 1.54) is 24.3 Å². The minimum atomic E-state index is -0.866. The fourth-order valence-electron chi connectivity index (χ4n) is 3.20. The summed E-state index contributed by atoms with van der Waals surface area (Å²) < 4.78 is 18.7. The van der Waals surface area contributed by atoms with E-state index >= 15 is 0 Å². The third-order valence-corrected chi connectivity index (χ3v) is 4.64. The van der Waals surface area contributed by atoms with Gasteiger partial charge in [0.2, 0.25) is 0 Å². The number of hydrogen-bond donors (Lipinski definition) is 3. The molecule has 1 aromatic carbocycles. The minimum Gasteiger partial charge on any atom is -0.491 e. The predicted molar refractivity (Wildman–Crippen MR) is 92.1 cm³/mol. The summed E-state index contributed by atoms with van der Waals surface area (Å²) >= 11 is 0. The lowest BCUT2D eigenvalue weighted by molar-refractivity contribution is 0.0438. The second kappa shape index (κ2) is 7.80. The molecule has 1 amide bonds. The van der Waals surface area contributed by atoms with Gasteiger partial charge >= 0.3 is 0 Å². The first-order valence-corrected chi connectivity index (χ1v) is 8.40. The average Bonchev–Trinajstić information content (AvgIpc) is 2.94. The van der Waals surface area contributed by atoms with Crippen LogP contribution >= 0.6 is 0 Å². The topological polar surface area (TPSA) is 91.7 Å². The van der Waals surface area contributed by atoms with Gasteiger partial charge in [-0.05, 0) is 49.2 Å². The van der Waals surface area contributed by atoms with Crippen molar-refractivity contribution in [3.63, 3.8) is 0 Å². The van der Waals surface area contributed by atoms with Crippen molar-refractivity contribution >= 4 is 5.91 Å². The summed E-state index contributed by atoms with van der Waals surface area (Å²) in [4.78, 5) is 16.3. The molecule has 0 aliphatic heterocycles. The van der Waals surface area contributed by atoms with Crippen LogP contribution in [0.4, 0.5) is 4.39 Å². The maximum absolute atomic E-state index is 13.0. The van der Waals surface area contributed by atoms with Gasteiger partial charge in [-0.25, -0.2) is 4.39 Å². The molecule has 3 N–H and O–H groups in total. The van der Waals surface area contributed by atoms with Crippen LogP contribution in [0.25, 0.3) is 0 Å². The number of amides is 1. The first kappa shape index (κ1) is 18.3. The fourth-order valence-corrected chi connectivity index (χ4v) is 3.20. The summed E-state index contributed by atoms with van der Waals surface area (Å²) in [5.74, 6) is -0.181. The fraction of sp³-hybridized carbons (Fsp3) is 0.368. The second-order valence-corrected chi connectivity index (χ2v) is 6.71. The van der Waals surface area contributed by atoms with E-state index < -0.39 is 23.4 Å². The summed E-state index contributed by atoms with van der Waals surface area (Å²) in [5, 5.41) is 22.7. The van der Waals surface area contributed by atoms with Crippen LogP contribution in [0.2, 0.25) is 0 Å². The minimum absolute atomic E-state index is 0.219. The van der Waals surface area contributed by atoms with Crippen LogP contribution in [-0.2, 0) is 0 Å². The molecule has 0 spiro atoms. The third-order valence-electron chi connectivity index (χ3n) is 4.64. The molecule has 26 heavy (non-hydrogen) atoms. The van der Waals surface area contributed by atoms with Gasteiger partial charge in [-0.15, -0.1) is 0 Å². The largest absolute Gasteiger partial charge is 0.491 e. The van der Waals surface area contributed by atoms with E-state index in [1.807, 2.05) is 0 Å². The zero-order valence-corrected chi connectivity index (χ0v) is 14.1. The Balaban J connectivity index is 1.66. The number of rotatable bonds is 6. The van der Waals surface area contributed by atoms with E-state index in [-0.39, 0.29) is 19.1 Å². The molecule has 1 aliphatic rings. The Morgan fingerprint density at radius 2 is 1.92 bits per heavy atom. The molecule has 138 valence electrons. The number of halogens is 1. The molecule has 1 fully saturated rings. The maximum Gasteiger partial charge on any atom is 0.251 e. The lowest BCUT2D eigenvalue weighted by Gasteiger charge is -2.29. The Labute approximate surface area is 150 Å². The smallest absolute Gasteiger partial charge is 0.251 e. The van der Waals surface area contributed by atoms with E-state index in [9.17, 15) is 19.4 Å². The quantitative estimate of drug-likeness (QED) is 0.727. The molecule has 0 bridgehead atoms. The molecule has 6 nitrogen and oxygen atoms in total. The number of aliphatic hydroxyl groups is 2. The molecular weight excluding hydrogens is 339 g/mol. The number of carbonyl (C=O) groups is 1. The number of pyridine rings is 1. The van der Waals surface area contributed by atoms with Gasteiger partial charge in [0.1, 0.15) is 11.6 Å². The normalized spacial score (nSPS) is 25.0. The van der Waals surface area contributed by atoms with E-state index in [1.54, 1.807) is 24.5 Å². The van der Waals surface area contributed by atoms with Crippen LogP contribution in [-0.4, -0.2) is 46.5 Å². The molecular formula is C19H21FN2O4. The first-order chi connectivity index (χ1) is 12.5. The molecule has 7 heteroatoms. The van der Waals surface area contributed by atoms with E-state index in [4.69, 9.17) is 4.74 Å². The second-order valence-electron chi connectivity index (χ2n) is 6.71. The monoisotopic (exact) mass is 360 g/mol. The lowest BCUT2D eigenvalue weighted by Crippen LogP contribution is -2.40. The summed E-state index contributed by atoms with van der Waals surface area (Å²) in [6, 6.07) is 8.76. The molecule has 1 saturated carbocycles. The number of aromatic nitrogens is 1. The highest BCUT2D eigenvalue weighted by Crippen LogP contribution is 2.38. The van der Waals surface area contributed by atoms with Crippen molar-refractivity contribution in [3.8, 4) is 5.75 Å². The first-order valence-electron chi connectivity index (χ1n) is 8.40. The standard InChI is InChI=1S/C19H21FN2O4/c20-14-5-3-13(4-6-14)18(25)22-11-19(8-16(23)17(24)9-19)12-26-15-2-1-7-21-10-15/h1-7,10,16-17,23-24H,8-9,11-12H2,(H,22,25)/t16-,17+,19?. The summed E-state index contributed by atoms with van der Waals surface area (Å²) in [6.45, 7) is 0.439. The highest BCUT2D eigenvalue weighted by Gasteiger charge is 2.45. The van der Waals surface area contributed by atoms with Gasteiger partial charge in [-0.3, -0.25) is 9.78 Å². The van der Waals surface area contributed by atoms with Crippen LogP contribution in [0.5, 0.6) is 5.75 Å². The van der Waals surface area contributed by atoms with Crippen LogP contribution in [0.3, 0.4) is 0 Å². The predicted octanol–water partition coefficient (Wildman–Crippen LogP) is 1.53. The van der Waals surface area contributed by atoms with Crippen LogP contribution < -0.4 is 10.1 Å². The number of hydrogen-bond acceptors (Lipinski definition) is 5. The molecule has 0 radical (unpaired) electrons. The van der Waals surface area contributed by atoms with Gasteiger partial charge < -0.3 is 20.3 Å². The van der Waals surface area contributed by atoms with Crippen molar-refractivity contribution in [2.24, 2.45) is 5.41 Å². The van der Waals surface area contributed by atoms with Crippen molar-refractivity contribution in [2.75, 3.05) is 13.2 Å². The van der Waals surface area contributed by atoms with Crippen molar-refractivity contribution in [3.05, 3.63) is 60.2 Å². The van der Waals surface area contributed by atoms with Gasteiger partial charge in [-0.2, -0.15) is 0 Å². The number of ether oxygens (including phenoxy) is 1. The molecule has 1 heterocycles. The van der Waals surface area contributed by atoms with Crippen molar-refractivity contribution < 1.29 is 24.1 Å². The molecule has 2 aromatic rings. The highest BCUT2D eigenvalue weighted by molar-refractivity contribution is 5.94. The maximum atomic E-state index is 13.0. The number of aliphatic hydroxyl groups excluding tert-OH is 2. The Morgan fingerprint density at radius 3 is 2.54 bits per heavy atom. The SMILES string of the molecule is O=C(NCC1(COc2cccnc2)C[C@@H](O)[C@@H](O)C1)c1ccc(F)cc1. The molecule has 1 unspecified atom stereocenters. The third kappa shape index (κ3) is 4.36. The number of benzene rings is 1. The Kier molecular flexibility index (Phi) is 5.49. The van der Waals surface area contributed by atoms with Crippen LogP contribution in [0.15, 0.2) is 48.8 Å². The van der Waals surface area contributed by atoms with E-state index in [0.29, 0.717) is 24.2 Å². The Morgan fingerprint density at radius 1 is 1.23 bits per heavy atom. The summed E-state index contributed by atoms with van der Waals surface area (Å²) in [5.41, 5.74) is -0.265. The van der Waals surface area contributed by atoms with Gasteiger partial charge in [0.15, 0.2) is 0 Å². The average molecular weight is 360 g/mol. The lowest BCUT2D eigenvalue weighted by atomic mass is 9.86.